The third-order valence-electron chi connectivity index (χ3n) is 4.08. The van der Waals surface area contributed by atoms with Gasteiger partial charge in [0.2, 0.25) is 0 Å². The van der Waals surface area contributed by atoms with E-state index in [9.17, 15) is 4.79 Å². The lowest BCUT2D eigenvalue weighted by Gasteiger charge is -2.20. The van der Waals surface area contributed by atoms with E-state index in [1.165, 1.54) is 11.0 Å². The summed E-state index contributed by atoms with van der Waals surface area (Å²) in [5.41, 5.74) is 2.21. The van der Waals surface area contributed by atoms with Crippen LogP contribution in [-0.2, 0) is 6.42 Å². The smallest absolute Gasteiger partial charge is 0.251 e. The third kappa shape index (κ3) is 3.85. The summed E-state index contributed by atoms with van der Waals surface area (Å²) in [4.78, 5) is 12.4. The summed E-state index contributed by atoms with van der Waals surface area (Å²) in [7, 11) is 0. The molecule has 0 saturated heterocycles. The molecule has 1 aliphatic heterocycles. The molecule has 4 rings (SSSR count). The van der Waals surface area contributed by atoms with Crippen LogP contribution in [0.1, 0.15) is 15.9 Å². The van der Waals surface area contributed by atoms with Crippen molar-refractivity contribution < 1.29 is 14.3 Å². The molecule has 1 N–H and O–H groups in total. The molecule has 0 aliphatic carbocycles. The summed E-state index contributed by atoms with van der Waals surface area (Å²) in [6.07, 6.45) is 2.09. The molecular weight excluding hydrogens is 370 g/mol. The van der Waals surface area contributed by atoms with E-state index in [0.717, 1.165) is 5.56 Å². The maximum Gasteiger partial charge on any atom is 0.251 e. The molecule has 0 atom stereocenters. The molecule has 27 heavy (non-hydrogen) atoms. The molecule has 3 aromatic rings. The summed E-state index contributed by atoms with van der Waals surface area (Å²) in [5, 5.41) is 14.4. The van der Waals surface area contributed by atoms with Gasteiger partial charge in [-0.15, -0.1) is 5.10 Å². The van der Waals surface area contributed by atoms with E-state index in [1.807, 2.05) is 18.2 Å². The second kappa shape index (κ2) is 7.63. The van der Waals surface area contributed by atoms with Gasteiger partial charge in [-0.25, -0.2) is 4.68 Å². The molecule has 138 valence electrons. The lowest BCUT2D eigenvalue weighted by molar-refractivity contribution is 0.0954. The van der Waals surface area contributed by atoms with E-state index >= 15 is 0 Å². The van der Waals surface area contributed by atoms with Crippen molar-refractivity contribution in [2.24, 2.45) is 0 Å². The SMILES string of the molecule is O=C(NCCc1cc(Cl)c2c(c1)OCCO2)c1cccc(-n2cnnn2)c1. The second-order valence-electron chi connectivity index (χ2n) is 5.91. The molecule has 2 heterocycles. The van der Waals surface area contributed by atoms with Crippen LogP contribution in [0.25, 0.3) is 5.69 Å². The number of hydrogen-bond acceptors (Lipinski definition) is 6. The predicted octanol–water partition coefficient (Wildman–Crippen LogP) is 2.06. The largest absolute Gasteiger partial charge is 0.486 e. The maximum absolute atomic E-state index is 12.4. The summed E-state index contributed by atoms with van der Waals surface area (Å²) in [5.74, 6) is 1.05. The zero-order valence-corrected chi connectivity index (χ0v) is 15.0. The van der Waals surface area contributed by atoms with Crippen molar-refractivity contribution in [3.8, 4) is 17.2 Å². The molecule has 0 spiro atoms. The second-order valence-corrected chi connectivity index (χ2v) is 6.32. The van der Waals surface area contributed by atoms with Crippen LogP contribution in [0, 0.1) is 0 Å². The fourth-order valence-electron chi connectivity index (χ4n) is 2.80. The quantitative estimate of drug-likeness (QED) is 0.722. The highest BCUT2D eigenvalue weighted by Gasteiger charge is 2.16. The van der Waals surface area contributed by atoms with Gasteiger partial charge < -0.3 is 14.8 Å². The van der Waals surface area contributed by atoms with Crippen LogP contribution >= 0.6 is 11.6 Å². The number of fused-ring (bicyclic) bond motifs is 1. The zero-order valence-electron chi connectivity index (χ0n) is 14.3. The van der Waals surface area contributed by atoms with Crippen molar-refractivity contribution in [2.45, 2.75) is 6.42 Å². The average molecular weight is 386 g/mol. The predicted molar refractivity (Wildman–Crippen MR) is 97.6 cm³/mol. The number of hydrogen-bond donors (Lipinski definition) is 1. The summed E-state index contributed by atoms with van der Waals surface area (Å²) in [6.45, 7) is 1.46. The van der Waals surface area contributed by atoms with E-state index in [4.69, 9.17) is 21.1 Å². The van der Waals surface area contributed by atoms with Gasteiger partial charge in [0.25, 0.3) is 5.91 Å². The number of tetrazole rings is 1. The molecule has 0 radical (unpaired) electrons. The van der Waals surface area contributed by atoms with Gasteiger partial charge in [0.1, 0.15) is 19.5 Å². The Hall–Kier alpha value is -3.13. The number of carbonyl (C=O) groups is 1. The van der Waals surface area contributed by atoms with Crippen LogP contribution in [-0.4, -0.2) is 45.9 Å². The van der Waals surface area contributed by atoms with Crippen molar-refractivity contribution in [1.29, 1.82) is 0 Å². The normalized spacial score (nSPS) is 12.6. The van der Waals surface area contributed by atoms with Gasteiger partial charge in [-0.05, 0) is 52.7 Å². The molecule has 2 aromatic carbocycles. The van der Waals surface area contributed by atoms with Gasteiger partial charge >= 0.3 is 0 Å². The lowest BCUT2D eigenvalue weighted by atomic mass is 10.1. The minimum atomic E-state index is -0.173. The molecule has 0 fully saturated rings. The Morgan fingerprint density at radius 2 is 2.11 bits per heavy atom. The van der Waals surface area contributed by atoms with Crippen LogP contribution in [0.15, 0.2) is 42.7 Å². The average Bonchev–Trinajstić information content (AvgIpc) is 3.23. The standard InChI is InChI=1S/C18H16ClN5O3/c19-15-8-12(9-16-17(15)27-7-6-26-16)4-5-20-18(25)13-2-1-3-14(10-13)24-11-21-22-23-24/h1-3,8-11H,4-7H2,(H,20,25). The molecule has 0 bridgehead atoms. The Morgan fingerprint density at radius 1 is 1.22 bits per heavy atom. The van der Waals surface area contributed by atoms with Gasteiger partial charge in [0.15, 0.2) is 11.5 Å². The van der Waals surface area contributed by atoms with Crippen molar-refractivity contribution in [2.75, 3.05) is 19.8 Å². The molecule has 1 aromatic heterocycles. The minimum Gasteiger partial charge on any atom is -0.486 e. The first kappa shape index (κ1) is 17.3. The topological polar surface area (TPSA) is 91.2 Å². The molecule has 1 aliphatic rings. The van der Waals surface area contributed by atoms with Gasteiger partial charge in [0.05, 0.1) is 10.7 Å². The van der Waals surface area contributed by atoms with E-state index in [-0.39, 0.29) is 5.91 Å². The van der Waals surface area contributed by atoms with Crippen molar-refractivity contribution in [1.82, 2.24) is 25.5 Å². The van der Waals surface area contributed by atoms with Crippen LogP contribution in [0.5, 0.6) is 11.5 Å². The number of carbonyl (C=O) groups excluding carboxylic acids is 1. The fourth-order valence-corrected chi connectivity index (χ4v) is 3.09. The highest BCUT2D eigenvalue weighted by atomic mass is 35.5. The van der Waals surface area contributed by atoms with E-state index < -0.39 is 0 Å². The summed E-state index contributed by atoms with van der Waals surface area (Å²) in [6, 6.07) is 10.8. The lowest BCUT2D eigenvalue weighted by Crippen LogP contribution is -2.26. The monoisotopic (exact) mass is 385 g/mol. The molecule has 8 nitrogen and oxygen atoms in total. The van der Waals surface area contributed by atoms with E-state index in [0.29, 0.717) is 54.0 Å². The number of benzene rings is 2. The number of halogens is 1. The number of amides is 1. The van der Waals surface area contributed by atoms with E-state index in [1.54, 1.807) is 18.2 Å². The minimum absolute atomic E-state index is 0.173. The highest BCUT2D eigenvalue weighted by molar-refractivity contribution is 6.32. The van der Waals surface area contributed by atoms with Crippen molar-refractivity contribution in [3.63, 3.8) is 0 Å². The Balaban J connectivity index is 1.39. The Morgan fingerprint density at radius 3 is 2.96 bits per heavy atom. The fraction of sp³-hybridized carbons (Fsp3) is 0.222. The first-order chi connectivity index (χ1) is 13.2. The first-order valence-corrected chi connectivity index (χ1v) is 8.78. The van der Waals surface area contributed by atoms with Crippen molar-refractivity contribution in [3.05, 3.63) is 58.9 Å². The summed E-state index contributed by atoms with van der Waals surface area (Å²) >= 11 is 6.24. The van der Waals surface area contributed by atoms with Crippen LogP contribution in [0.2, 0.25) is 5.02 Å². The van der Waals surface area contributed by atoms with Crippen LogP contribution in [0.3, 0.4) is 0 Å². The highest BCUT2D eigenvalue weighted by Crippen LogP contribution is 2.38. The van der Waals surface area contributed by atoms with Gasteiger partial charge in [0, 0.05) is 12.1 Å². The molecule has 0 saturated carbocycles. The van der Waals surface area contributed by atoms with Crippen LogP contribution < -0.4 is 14.8 Å². The third-order valence-corrected chi connectivity index (χ3v) is 4.36. The summed E-state index contributed by atoms with van der Waals surface area (Å²) < 4.78 is 12.6. The van der Waals surface area contributed by atoms with Gasteiger partial charge in [-0.2, -0.15) is 0 Å². The molecule has 0 unspecified atom stereocenters. The number of nitrogens with one attached hydrogen (secondary N) is 1. The van der Waals surface area contributed by atoms with Gasteiger partial charge in [-0.3, -0.25) is 4.79 Å². The van der Waals surface area contributed by atoms with E-state index in [2.05, 4.69) is 20.8 Å². The van der Waals surface area contributed by atoms with Crippen molar-refractivity contribution >= 4 is 17.5 Å². The Kier molecular flexibility index (Phi) is 4.88. The molecule has 9 heteroatoms. The Labute approximate surface area is 160 Å². The number of aromatic nitrogens is 4. The maximum atomic E-state index is 12.4. The number of rotatable bonds is 5. The molecular formula is C18H16ClN5O3. The molecule has 1 amide bonds. The number of ether oxygens (including phenoxy) is 2. The van der Waals surface area contributed by atoms with Gasteiger partial charge in [-0.1, -0.05) is 17.7 Å². The van der Waals surface area contributed by atoms with Crippen LogP contribution in [0.4, 0.5) is 0 Å². The first-order valence-electron chi connectivity index (χ1n) is 8.40. The number of nitrogens with zero attached hydrogens (tertiary/aromatic N) is 4. The zero-order chi connectivity index (χ0) is 18.6. The Bertz CT molecular complexity index is 962.